The Bertz CT molecular complexity index is 390. The molecule has 0 spiro atoms. The Hall–Kier alpha value is 0.490. The molecule has 94 valence electrons. The van der Waals surface area contributed by atoms with Crippen LogP contribution in [-0.4, -0.2) is 15.3 Å². The molecule has 0 aromatic heterocycles. The second-order valence-corrected chi connectivity index (χ2v) is 8.84. The number of carbonyl (C=O) groups excluding carboxylic acids is 1. The van der Waals surface area contributed by atoms with Gasteiger partial charge in [-0.15, -0.1) is 11.8 Å². The number of hydrogen-bond acceptors (Lipinski definition) is 2. The van der Waals surface area contributed by atoms with Gasteiger partial charge in [-0.05, 0) is 24.3 Å². The maximum Gasteiger partial charge on any atom is 0.163 e. The quantitative estimate of drug-likeness (QED) is 0.503. The van der Waals surface area contributed by atoms with Gasteiger partial charge in [0.05, 0.1) is 0 Å². The van der Waals surface area contributed by atoms with Gasteiger partial charge in [0.25, 0.3) is 0 Å². The Kier molecular flexibility index (Phi) is 6.03. The van der Waals surface area contributed by atoms with Crippen molar-refractivity contribution in [3.05, 3.63) is 29.3 Å². The second kappa shape index (κ2) is 6.60. The lowest BCUT2D eigenvalue weighted by Crippen LogP contribution is -2.30. The highest BCUT2D eigenvalue weighted by Gasteiger charge is 2.31. The van der Waals surface area contributed by atoms with E-state index >= 15 is 0 Å². The molecule has 0 amide bonds. The van der Waals surface area contributed by atoms with Crippen LogP contribution < -0.4 is 0 Å². The molecule has 17 heavy (non-hydrogen) atoms. The monoisotopic (exact) mass is 398 g/mol. The fourth-order valence-corrected chi connectivity index (χ4v) is 3.52. The summed E-state index contributed by atoms with van der Waals surface area (Å²) in [5, 5.41) is 0.727. The van der Waals surface area contributed by atoms with Crippen LogP contribution in [0.25, 0.3) is 0 Å². The van der Waals surface area contributed by atoms with Crippen molar-refractivity contribution in [2.45, 2.75) is 22.5 Å². The van der Waals surface area contributed by atoms with Crippen LogP contribution in [0.1, 0.15) is 13.8 Å². The van der Waals surface area contributed by atoms with Crippen molar-refractivity contribution in [2.75, 3.05) is 5.75 Å². The Morgan fingerprint density at radius 1 is 1.35 bits per heavy atom. The lowest BCUT2D eigenvalue weighted by molar-refractivity contribution is -0.123. The molecule has 5 heteroatoms. The minimum absolute atomic E-state index is 0.152. The molecule has 1 aromatic rings. The largest absolute Gasteiger partial charge is 0.297 e. The van der Waals surface area contributed by atoms with Crippen molar-refractivity contribution >= 4 is 61.0 Å². The van der Waals surface area contributed by atoms with Gasteiger partial charge in [-0.1, -0.05) is 57.3 Å². The van der Waals surface area contributed by atoms with Crippen LogP contribution in [0, 0.1) is 5.41 Å². The molecule has 0 aliphatic heterocycles. The first kappa shape index (κ1) is 15.5. The molecule has 0 N–H and O–H groups in total. The van der Waals surface area contributed by atoms with Crippen LogP contribution in [0.15, 0.2) is 29.2 Å². The maximum absolute atomic E-state index is 11.9. The fraction of sp³-hybridized carbons (Fsp3) is 0.417. The zero-order valence-corrected chi connectivity index (χ0v) is 14.3. The minimum atomic E-state index is -0.373. The van der Waals surface area contributed by atoms with Crippen LogP contribution in [0.2, 0.25) is 5.02 Å². The van der Waals surface area contributed by atoms with Crippen LogP contribution in [0.5, 0.6) is 0 Å². The second-order valence-electron chi connectivity index (χ2n) is 4.29. The first-order valence-corrected chi connectivity index (χ1v) is 8.23. The molecule has 1 nitrogen and oxygen atoms in total. The fourth-order valence-electron chi connectivity index (χ4n) is 1.16. The Morgan fingerprint density at radius 2 is 1.88 bits per heavy atom. The normalized spacial score (nSPS) is 11.9. The van der Waals surface area contributed by atoms with Crippen molar-refractivity contribution in [3.63, 3.8) is 0 Å². The highest BCUT2D eigenvalue weighted by molar-refractivity contribution is 9.25. The van der Waals surface area contributed by atoms with Gasteiger partial charge in [-0.25, -0.2) is 0 Å². The van der Waals surface area contributed by atoms with Gasteiger partial charge in [0.1, 0.15) is 3.74 Å². The van der Waals surface area contributed by atoms with Crippen molar-refractivity contribution in [2.24, 2.45) is 5.41 Å². The number of halogens is 3. The van der Waals surface area contributed by atoms with Crippen molar-refractivity contribution in [1.82, 2.24) is 0 Å². The number of thioether (sulfide) groups is 1. The number of alkyl halides is 2. The smallest absolute Gasteiger partial charge is 0.163 e. The van der Waals surface area contributed by atoms with E-state index in [1.165, 1.54) is 0 Å². The predicted molar refractivity (Wildman–Crippen MR) is 82.6 cm³/mol. The summed E-state index contributed by atoms with van der Waals surface area (Å²) in [6.07, 6.45) is 0. The van der Waals surface area contributed by atoms with Gasteiger partial charge >= 0.3 is 0 Å². The molecule has 0 atom stereocenters. The highest BCUT2D eigenvalue weighted by atomic mass is 79.9. The van der Waals surface area contributed by atoms with Gasteiger partial charge in [-0.3, -0.25) is 4.79 Å². The summed E-state index contributed by atoms with van der Waals surface area (Å²) in [5.74, 6) is 0.889. The van der Waals surface area contributed by atoms with Crippen LogP contribution in [0.3, 0.4) is 0 Å². The average Bonchev–Trinajstić information content (AvgIpc) is 2.27. The lowest BCUT2D eigenvalue weighted by Gasteiger charge is -2.23. The van der Waals surface area contributed by atoms with Crippen LogP contribution >= 0.6 is 55.2 Å². The van der Waals surface area contributed by atoms with E-state index in [4.69, 9.17) is 11.6 Å². The standard InChI is InChI=1S/C12H13Br2ClOS/c1-12(2,10(16)11(13)14)7-17-9-5-3-8(15)4-6-9/h3-6,11H,7H2,1-2H3. The van der Waals surface area contributed by atoms with E-state index < -0.39 is 0 Å². The lowest BCUT2D eigenvalue weighted by atomic mass is 9.92. The van der Waals surface area contributed by atoms with Gasteiger partial charge < -0.3 is 0 Å². The third kappa shape index (κ3) is 4.93. The molecule has 0 aliphatic carbocycles. The summed E-state index contributed by atoms with van der Waals surface area (Å²) in [5.41, 5.74) is -0.373. The molecule has 0 saturated carbocycles. The number of hydrogen-bond donors (Lipinski definition) is 0. The molecular weight excluding hydrogens is 387 g/mol. The maximum atomic E-state index is 11.9. The average molecular weight is 401 g/mol. The van der Waals surface area contributed by atoms with E-state index in [1.54, 1.807) is 11.8 Å². The number of rotatable bonds is 5. The molecule has 0 aliphatic rings. The Labute approximate surface area is 128 Å². The topological polar surface area (TPSA) is 17.1 Å². The third-order valence-corrected chi connectivity index (χ3v) is 4.83. The summed E-state index contributed by atoms with van der Waals surface area (Å²) in [6.45, 7) is 3.90. The molecule has 0 fully saturated rings. The molecule has 0 saturated heterocycles. The first-order valence-electron chi connectivity index (χ1n) is 5.04. The summed E-state index contributed by atoms with van der Waals surface area (Å²) in [4.78, 5) is 13.0. The van der Waals surface area contributed by atoms with Crippen molar-refractivity contribution in [1.29, 1.82) is 0 Å². The molecular formula is C12H13Br2ClOS. The van der Waals surface area contributed by atoms with E-state index in [0.29, 0.717) is 0 Å². The van der Waals surface area contributed by atoms with E-state index in [1.807, 2.05) is 38.1 Å². The first-order chi connectivity index (χ1) is 7.83. The Balaban J connectivity index is 2.61. The molecule has 0 radical (unpaired) electrons. The molecule has 1 aromatic carbocycles. The zero-order chi connectivity index (χ0) is 13.1. The van der Waals surface area contributed by atoms with E-state index in [9.17, 15) is 4.79 Å². The van der Waals surface area contributed by atoms with E-state index in [0.717, 1.165) is 15.7 Å². The number of ketones is 1. The predicted octanol–water partition coefficient (Wildman–Crippen LogP) is 5.14. The van der Waals surface area contributed by atoms with Gasteiger partial charge in [0.2, 0.25) is 0 Å². The van der Waals surface area contributed by atoms with Gasteiger partial charge in [0, 0.05) is 21.1 Å². The van der Waals surface area contributed by atoms with Crippen LogP contribution in [-0.2, 0) is 4.79 Å². The third-order valence-electron chi connectivity index (χ3n) is 2.28. The van der Waals surface area contributed by atoms with Crippen molar-refractivity contribution < 1.29 is 4.79 Å². The van der Waals surface area contributed by atoms with E-state index in [-0.39, 0.29) is 14.9 Å². The summed E-state index contributed by atoms with van der Waals surface area (Å²) in [7, 11) is 0. The highest BCUT2D eigenvalue weighted by Crippen LogP contribution is 2.32. The number of Topliss-reactive ketones (excluding diaryl/α,β-unsaturated/α-hetero) is 1. The summed E-state index contributed by atoms with van der Waals surface area (Å²) in [6, 6.07) is 7.65. The minimum Gasteiger partial charge on any atom is -0.297 e. The number of benzene rings is 1. The summed E-state index contributed by atoms with van der Waals surface area (Å²) >= 11 is 14.0. The summed E-state index contributed by atoms with van der Waals surface area (Å²) < 4.78 is -0.282. The van der Waals surface area contributed by atoms with Crippen LogP contribution in [0.4, 0.5) is 0 Å². The molecule has 0 bridgehead atoms. The van der Waals surface area contributed by atoms with Gasteiger partial charge in [0.15, 0.2) is 5.78 Å². The SMILES string of the molecule is CC(C)(CSc1ccc(Cl)cc1)C(=O)C(Br)Br. The Morgan fingerprint density at radius 3 is 2.35 bits per heavy atom. The van der Waals surface area contributed by atoms with E-state index in [2.05, 4.69) is 31.9 Å². The number of carbonyl (C=O) groups is 1. The van der Waals surface area contributed by atoms with Gasteiger partial charge in [-0.2, -0.15) is 0 Å². The molecule has 0 unspecified atom stereocenters. The molecule has 1 rings (SSSR count). The zero-order valence-electron chi connectivity index (χ0n) is 9.54. The molecule has 0 heterocycles. The van der Waals surface area contributed by atoms with Crippen molar-refractivity contribution in [3.8, 4) is 0 Å².